The largest absolute Gasteiger partial charge is 0.337 e. The van der Waals surface area contributed by atoms with E-state index < -0.39 is 0 Å². The maximum atomic E-state index is 12.2. The minimum absolute atomic E-state index is 0.102. The molecule has 0 aromatic heterocycles. The zero-order valence-electron chi connectivity index (χ0n) is 13.9. The molecular weight excluding hydrogens is 292 g/mol. The molecule has 126 valence electrons. The first-order valence-electron chi connectivity index (χ1n) is 8.11. The van der Waals surface area contributed by atoms with Gasteiger partial charge in [0.25, 0.3) is 0 Å². The Labute approximate surface area is 137 Å². The van der Waals surface area contributed by atoms with Crippen molar-refractivity contribution < 1.29 is 9.59 Å². The molecule has 6 nitrogen and oxygen atoms in total. The van der Waals surface area contributed by atoms with E-state index >= 15 is 0 Å². The summed E-state index contributed by atoms with van der Waals surface area (Å²) in [6, 6.07) is 9.88. The van der Waals surface area contributed by atoms with Crippen molar-refractivity contribution in [3.8, 4) is 0 Å². The van der Waals surface area contributed by atoms with E-state index in [0.717, 1.165) is 25.2 Å². The minimum Gasteiger partial charge on any atom is -0.337 e. The third-order valence-electron chi connectivity index (χ3n) is 4.05. The second kappa shape index (κ2) is 8.53. The van der Waals surface area contributed by atoms with Crippen LogP contribution in [0.15, 0.2) is 30.3 Å². The second-order valence-corrected chi connectivity index (χ2v) is 5.96. The molecule has 3 amide bonds. The standard InChI is InChI=1S/C17H26N4O2/c1-14-12-18-10-11-21(14)16(22)8-9-19-17(23)20(2)13-15-6-4-3-5-7-15/h3-7,14,18H,8-13H2,1-2H3,(H,19,23)/t14-/m0/s1. The van der Waals surface area contributed by atoms with Gasteiger partial charge in [-0.1, -0.05) is 30.3 Å². The van der Waals surface area contributed by atoms with Gasteiger partial charge in [-0.15, -0.1) is 0 Å². The van der Waals surface area contributed by atoms with Crippen molar-refractivity contribution in [2.75, 3.05) is 33.2 Å². The summed E-state index contributed by atoms with van der Waals surface area (Å²) in [4.78, 5) is 27.7. The van der Waals surface area contributed by atoms with Gasteiger partial charge in [0.05, 0.1) is 0 Å². The lowest BCUT2D eigenvalue weighted by atomic mass is 10.2. The Morgan fingerprint density at radius 1 is 1.35 bits per heavy atom. The Morgan fingerprint density at radius 2 is 2.09 bits per heavy atom. The van der Waals surface area contributed by atoms with Crippen molar-refractivity contribution >= 4 is 11.9 Å². The van der Waals surface area contributed by atoms with Crippen molar-refractivity contribution in [3.63, 3.8) is 0 Å². The van der Waals surface area contributed by atoms with Crippen LogP contribution in [-0.4, -0.2) is 61.0 Å². The van der Waals surface area contributed by atoms with Crippen LogP contribution in [0.3, 0.4) is 0 Å². The van der Waals surface area contributed by atoms with Gasteiger partial charge < -0.3 is 20.4 Å². The van der Waals surface area contributed by atoms with Gasteiger partial charge in [-0.3, -0.25) is 4.79 Å². The smallest absolute Gasteiger partial charge is 0.317 e. The highest BCUT2D eigenvalue weighted by Crippen LogP contribution is 2.05. The molecule has 0 bridgehead atoms. The van der Waals surface area contributed by atoms with Gasteiger partial charge >= 0.3 is 6.03 Å². The van der Waals surface area contributed by atoms with Crippen molar-refractivity contribution in [3.05, 3.63) is 35.9 Å². The fraction of sp³-hybridized carbons (Fsp3) is 0.529. The van der Waals surface area contributed by atoms with Crippen LogP contribution in [0.5, 0.6) is 0 Å². The molecule has 2 rings (SSSR count). The number of carbonyl (C=O) groups excluding carboxylic acids is 2. The van der Waals surface area contributed by atoms with Crippen LogP contribution in [0.2, 0.25) is 0 Å². The molecule has 1 atom stereocenters. The molecule has 0 radical (unpaired) electrons. The highest BCUT2D eigenvalue weighted by molar-refractivity contribution is 5.78. The van der Waals surface area contributed by atoms with Crippen molar-refractivity contribution in [2.45, 2.75) is 25.9 Å². The molecule has 0 aliphatic carbocycles. The Balaban J connectivity index is 1.70. The minimum atomic E-state index is -0.157. The first-order chi connectivity index (χ1) is 11.1. The van der Waals surface area contributed by atoms with E-state index in [-0.39, 0.29) is 18.0 Å². The predicted molar refractivity (Wildman–Crippen MR) is 90.0 cm³/mol. The molecule has 1 saturated heterocycles. The third-order valence-corrected chi connectivity index (χ3v) is 4.05. The summed E-state index contributed by atoms with van der Waals surface area (Å²) in [6.07, 6.45) is 0.343. The fourth-order valence-corrected chi connectivity index (χ4v) is 2.70. The molecule has 0 spiro atoms. The lowest BCUT2D eigenvalue weighted by Gasteiger charge is -2.34. The monoisotopic (exact) mass is 318 g/mol. The fourth-order valence-electron chi connectivity index (χ4n) is 2.70. The highest BCUT2D eigenvalue weighted by atomic mass is 16.2. The van der Waals surface area contributed by atoms with Crippen LogP contribution >= 0.6 is 0 Å². The van der Waals surface area contributed by atoms with Crippen molar-refractivity contribution in [2.24, 2.45) is 0 Å². The van der Waals surface area contributed by atoms with E-state index in [2.05, 4.69) is 10.6 Å². The highest BCUT2D eigenvalue weighted by Gasteiger charge is 2.22. The Kier molecular flexibility index (Phi) is 6.40. The normalized spacial score (nSPS) is 17.7. The Morgan fingerprint density at radius 3 is 2.78 bits per heavy atom. The second-order valence-electron chi connectivity index (χ2n) is 5.96. The van der Waals surface area contributed by atoms with Crippen molar-refractivity contribution in [1.82, 2.24) is 20.4 Å². The van der Waals surface area contributed by atoms with E-state index in [9.17, 15) is 9.59 Å². The van der Waals surface area contributed by atoms with Crippen LogP contribution in [0.4, 0.5) is 4.79 Å². The molecule has 1 aromatic carbocycles. The van der Waals surface area contributed by atoms with Crippen LogP contribution in [0.25, 0.3) is 0 Å². The predicted octanol–water partition coefficient (Wildman–Crippen LogP) is 1.04. The van der Waals surface area contributed by atoms with Gasteiger partial charge in [-0.2, -0.15) is 0 Å². The maximum Gasteiger partial charge on any atom is 0.317 e. The molecule has 6 heteroatoms. The lowest BCUT2D eigenvalue weighted by Crippen LogP contribution is -2.52. The maximum absolute atomic E-state index is 12.2. The van der Waals surface area contributed by atoms with Gasteiger partial charge in [0.2, 0.25) is 5.91 Å². The van der Waals surface area contributed by atoms with E-state index in [1.54, 1.807) is 11.9 Å². The Hall–Kier alpha value is -2.08. The van der Waals surface area contributed by atoms with Gasteiger partial charge in [-0.25, -0.2) is 4.79 Å². The number of nitrogens with zero attached hydrogens (tertiary/aromatic N) is 2. The number of carbonyl (C=O) groups is 2. The number of hydrogen-bond acceptors (Lipinski definition) is 3. The van der Waals surface area contributed by atoms with Crippen LogP contribution in [-0.2, 0) is 11.3 Å². The molecule has 23 heavy (non-hydrogen) atoms. The number of benzene rings is 1. The first kappa shape index (κ1) is 17.3. The van der Waals surface area contributed by atoms with Gasteiger partial charge in [-0.05, 0) is 12.5 Å². The molecular formula is C17H26N4O2. The number of piperazine rings is 1. The molecule has 1 aliphatic heterocycles. The van der Waals surface area contributed by atoms with Gasteiger partial charge in [0, 0.05) is 52.2 Å². The lowest BCUT2D eigenvalue weighted by molar-refractivity contribution is -0.133. The zero-order chi connectivity index (χ0) is 16.7. The average molecular weight is 318 g/mol. The van der Waals surface area contributed by atoms with E-state index in [1.165, 1.54) is 0 Å². The molecule has 0 saturated carbocycles. The number of hydrogen-bond donors (Lipinski definition) is 2. The first-order valence-corrected chi connectivity index (χ1v) is 8.11. The molecule has 0 unspecified atom stereocenters. The van der Waals surface area contributed by atoms with Crippen molar-refractivity contribution in [1.29, 1.82) is 0 Å². The van der Waals surface area contributed by atoms with Crippen LogP contribution < -0.4 is 10.6 Å². The summed E-state index contributed by atoms with van der Waals surface area (Å²) in [5.41, 5.74) is 1.08. The summed E-state index contributed by atoms with van der Waals surface area (Å²) >= 11 is 0. The van der Waals surface area contributed by atoms with Gasteiger partial charge in [0.15, 0.2) is 0 Å². The molecule has 1 fully saturated rings. The quantitative estimate of drug-likeness (QED) is 0.852. The third kappa shape index (κ3) is 5.25. The molecule has 2 N–H and O–H groups in total. The van der Waals surface area contributed by atoms with Crippen LogP contribution in [0, 0.1) is 0 Å². The zero-order valence-corrected chi connectivity index (χ0v) is 13.9. The number of urea groups is 1. The summed E-state index contributed by atoms with van der Waals surface area (Å²) in [5, 5.41) is 6.07. The molecule has 1 aliphatic rings. The summed E-state index contributed by atoms with van der Waals surface area (Å²) in [7, 11) is 1.75. The summed E-state index contributed by atoms with van der Waals surface area (Å²) in [5.74, 6) is 0.102. The molecule has 1 heterocycles. The van der Waals surface area contributed by atoms with E-state index in [4.69, 9.17) is 0 Å². The van der Waals surface area contributed by atoms with Gasteiger partial charge in [0.1, 0.15) is 0 Å². The summed E-state index contributed by atoms with van der Waals surface area (Å²) < 4.78 is 0. The SMILES string of the molecule is C[C@H]1CNCCN1C(=O)CCNC(=O)N(C)Cc1ccccc1. The average Bonchev–Trinajstić information content (AvgIpc) is 2.56. The number of rotatable bonds is 5. The molecule has 1 aromatic rings. The number of nitrogens with one attached hydrogen (secondary N) is 2. The Bertz CT molecular complexity index is 521. The topological polar surface area (TPSA) is 64.7 Å². The van der Waals surface area contributed by atoms with E-state index in [1.807, 2.05) is 42.2 Å². The number of amides is 3. The summed E-state index contributed by atoms with van der Waals surface area (Å²) in [6.45, 7) is 5.36. The van der Waals surface area contributed by atoms with Crippen LogP contribution in [0.1, 0.15) is 18.9 Å². The van der Waals surface area contributed by atoms with E-state index in [0.29, 0.717) is 19.5 Å².